The highest BCUT2D eigenvalue weighted by atomic mass is 32.1. The molecule has 0 aliphatic carbocycles. The van der Waals surface area contributed by atoms with Crippen LogP contribution in [0.2, 0.25) is 0 Å². The smallest absolute Gasteiger partial charge is 0.243 e. The second-order valence-electron chi connectivity index (χ2n) is 19.5. The third-order valence-electron chi connectivity index (χ3n) is 10.6. The van der Waals surface area contributed by atoms with Gasteiger partial charge in [-0.15, -0.1) is 11.3 Å². The molecule has 2 heterocycles. The van der Waals surface area contributed by atoms with Crippen LogP contribution < -0.4 is 22.1 Å². The Hall–Kier alpha value is -2.78. The Kier molecular flexibility index (Phi) is 21.5. The van der Waals surface area contributed by atoms with E-state index in [-0.39, 0.29) is 40.8 Å². The van der Waals surface area contributed by atoms with Crippen LogP contribution in [0.3, 0.4) is 0 Å². The van der Waals surface area contributed by atoms with Gasteiger partial charge in [0.05, 0.1) is 46.5 Å². The quantitative estimate of drug-likeness (QED) is 0.0776. The molecule has 1 aliphatic heterocycles. The van der Waals surface area contributed by atoms with E-state index in [4.69, 9.17) is 25.7 Å². The molecule has 1 fully saturated rings. The molecule has 12 nitrogen and oxygen atoms in total. The van der Waals surface area contributed by atoms with Crippen LogP contribution in [0.1, 0.15) is 134 Å². The normalized spacial score (nSPS) is 16.6. The largest absolute Gasteiger partial charge is 0.375 e. The van der Waals surface area contributed by atoms with Crippen molar-refractivity contribution in [3.63, 3.8) is 0 Å². The van der Waals surface area contributed by atoms with E-state index in [9.17, 15) is 14.4 Å². The van der Waals surface area contributed by atoms with Gasteiger partial charge in [-0.25, -0.2) is 4.98 Å². The summed E-state index contributed by atoms with van der Waals surface area (Å²) in [7, 11) is 1.80. The number of nitrogens with two attached hydrogens (primary N) is 2. The molecule has 3 rings (SSSR count). The van der Waals surface area contributed by atoms with Crippen LogP contribution in [0, 0.1) is 17.8 Å². The predicted molar refractivity (Wildman–Crippen MR) is 243 cm³/mol. The number of carbonyl (C=O) groups is 3. The molecule has 1 aromatic carbocycles. The zero-order valence-electron chi connectivity index (χ0n) is 39.6. The number of hydrogen-bond donors (Lipinski definition) is 4. The molecule has 0 radical (unpaired) electrons. The van der Waals surface area contributed by atoms with Crippen molar-refractivity contribution in [3.8, 4) is 10.4 Å². The van der Waals surface area contributed by atoms with Crippen LogP contribution in [0.4, 0.5) is 0 Å². The molecule has 6 N–H and O–H groups in total. The van der Waals surface area contributed by atoms with Gasteiger partial charge in [-0.3, -0.25) is 9.59 Å². The van der Waals surface area contributed by atoms with Crippen LogP contribution in [0.5, 0.6) is 0 Å². The summed E-state index contributed by atoms with van der Waals surface area (Å²) in [6.45, 7) is 32.8. The van der Waals surface area contributed by atoms with Crippen molar-refractivity contribution < 1.29 is 28.6 Å². The number of nitrogens with one attached hydrogen (secondary N) is 2. The van der Waals surface area contributed by atoms with Gasteiger partial charge in [0.2, 0.25) is 11.8 Å². The number of carbonyl (C=O) groups excluding carboxylic acids is 3. The van der Waals surface area contributed by atoms with Gasteiger partial charge >= 0.3 is 0 Å². The summed E-state index contributed by atoms with van der Waals surface area (Å²) in [5.74, 6) is -0.0704. The van der Waals surface area contributed by atoms with Crippen molar-refractivity contribution in [3.05, 3.63) is 41.0 Å². The van der Waals surface area contributed by atoms with Crippen molar-refractivity contribution in [2.24, 2.45) is 22.3 Å². The molecule has 2 aromatic rings. The highest BCUT2D eigenvalue weighted by Gasteiger charge is 2.47. The van der Waals surface area contributed by atoms with Crippen molar-refractivity contribution in [1.29, 1.82) is 0 Å². The Balaban J connectivity index is 0.000000570. The lowest BCUT2D eigenvalue weighted by Gasteiger charge is -2.48. The van der Waals surface area contributed by atoms with Crippen molar-refractivity contribution in [1.82, 2.24) is 20.5 Å². The van der Waals surface area contributed by atoms with Crippen LogP contribution in [0.25, 0.3) is 10.4 Å². The summed E-state index contributed by atoms with van der Waals surface area (Å²) in [6, 6.07) is 7.48. The first kappa shape index (κ1) is 54.2. The number of thiazole rings is 1. The summed E-state index contributed by atoms with van der Waals surface area (Å²) >= 11 is 1.63. The van der Waals surface area contributed by atoms with E-state index in [1.807, 2.05) is 101 Å². The second kappa shape index (κ2) is 23.4. The monoisotopic (exact) mass is 847 g/mol. The lowest BCUT2D eigenvalue weighted by Crippen LogP contribution is -2.55. The Labute approximate surface area is 361 Å². The molecule has 59 heavy (non-hydrogen) atoms. The summed E-state index contributed by atoms with van der Waals surface area (Å²) in [4.78, 5) is 43.9. The van der Waals surface area contributed by atoms with Gasteiger partial charge in [0.25, 0.3) is 0 Å². The first-order valence-corrected chi connectivity index (χ1v) is 22.2. The van der Waals surface area contributed by atoms with E-state index in [1.54, 1.807) is 23.3 Å². The van der Waals surface area contributed by atoms with E-state index in [0.717, 1.165) is 35.9 Å². The van der Waals surface area contributed by atoms with Crippen LogP contribution in [0.15, 0.2) is 29.8 Å². The molecular weight excluding hydrogens is 765 g/mol. The van der Waals surface area contributed by atoms with E-state index in [1.165, 1.54) is 4.88 Å². The summed E-state index contributed by atoms with van der Waals surface area (Å²) < 4.78 is 18.0. The minimum Gasteiger partial charge on any atom is -0.375 e. The molecule has 338 valence electrons. The first-order valence-electron chi connectivity index (χ1n) is 21.3. The summed E-state index contributed by atoms with van der Waals surface area (Å²) in [6.07, 6.45) is 3.80. The van der Waals surface area contributed by atoms with E-state index < -0.39 is 22.8 Å². The molecule has 3 atom stereocenters. The van der Waals surface area contributed by atoms with Crippen molar-refractivity contribution >= 4 is 29.4 Å². The molecule has 0 saturated carbocycles. The molecule has 1 saturated heterocycles. The molecule has 1 aromatic heterocycles. The van der Waals surface area contributed by atoms with Gasteiger partial charge in [-0.1, -0.05) is 65.8 Å². The average Bonchev–Trinajstić information content (AvgIpc) is 3.79. The molecular formula is C46H82N6O6S. The van der Waals surface area contributed by atoms with E-state index >= 15 is 0 Å². The van der Waals surface area contributed by atoms with E-state index in [2.05, 4.69) is 48.5 Å². The molecule has 0 spiro atoms. The van der Waals surface area contributed by atoms with Crippen molar-refractivity contribution in [2.45, 2.75) is 170 Å². The minimum absolute atomic E-state index is 0.00642. The topological polar surface area (TPSA) is 171 Å². The van der Waals surface area contributed by atoms with Gasteiger partial charge < -0.3 is 46.0 Å². The number of amides is 2. The highest BCUT2D eigenvalue weighted by molar-refractivity contribution is 7.13. The third kappa shape index (κ3) is 18.4. The Morgan fingerprint density at radius 2 is 1.56 bits per heavy atom. The molecule has 13 heteroatoms. The average molecular weight is 847 g/mol. The van der Waals surface area contributed by atoms with Gasteiger partial charge in [0.15, 0.2) is 0 Å². The maximum Gasteiger partial charge on any atom is 0.243 e. The van der Waals surface area contributed by atoms with Gasteiger partial charge in [-0.05, 0) is 112 Å². The number of benzene rings is 1. The number of aryl methyl sites for hydroxylation is 1. The molecule has 2 amide bonds. The minimum atomic E-state index is -0.527. The van der Waals surface area contributed by atoms with Crippen LogP contribution in [-0.2, 0) is 35.1 Å². The zero-order valence-corrected chi connectivity index (χ0v) is 40.4. The molecule has 0 bridgehead atoms. The lowest BCUT2D eigenvalue weighted by atomic mass is 9.69. The number of likely N-dealkylation sites (N-methyl/N-ethyl adjacent to an activating group) is 1. The fraction of sp³-hybridized carbons (Fsp3) is 0.739. The Bertz CT molecular complexity index is 1560. The second-order valence-corrected chi connectivity index (χ2v) is 20.4. The summed E-state index contributed by atoms with van der Waals surface area (Å²) in [5.41, 5.74) is 15.0. The van der Waals surface area contributed by atoms with Crippen LogP contribution >= 0.6 is 11.3 Å². The number of nitrogens with zero attached hydrogens (tertiary/aromatic N) is 2. The maximum atomic E-state index is 13.1. The SMILES string of the molecule is CC.CC(C)(N)CCOC(C)(C)CC(C)(COCC=O)C(C)(C)OCC(C)(C)N.CNC(C(=O)N1CCCC1C(=O)NCc1ccc(-c2scnc2C)cc1)C(C)(C)C. The molecule has 1 aliphatic rings. The Morgan fingerprint density at radius 1 is 0.949 bits per heavy atom. The Morgan fingerprint density at radius 3 is 2.05 bits per heavy atom. The number of ether oxygens (including phenoxy) is 3. The fourth-order valence-electron chi connectivity index (χ4n) is 6.95. The summed E-state index contributed by atoms with van der Waals surface area (Å²) in [5, 5.41) is 6.15. The van der Waals surface area contributed by atoms with Gasteiger partial charge in [0.1, 0.15) is 18.9 Å². The van der Waals surface area contributed by atoms with Crippen molar-refractivity contribution in [2.75, 3.05) is 40.0 Å². The number of aldehydes is 1. The zero-order chi connectivity index (χ0) is 45.5. The van der Waals surface area contributed by atoms with Gasteiger partial charge in [0, 0.05) is 36.2 Å². The highest BCUT2D eigenvalue weighted by Crippen LogP contribution is 2.43. The third-order valence-corrected chi connectivity index (χ3v) is 11.6. The predicted octanol–water partition coefficient (Wildman–Crippen LogP) is 7.44. The fourth-order valence-corrected chi connectivity index (χ4v) is 7.76. The van der Waals surface area contributed by atoms with Crippen LogP contribution in [-0.4, -0.2) is 102 Å². The molecule has 3 unspecified atom stereocenters. The standard InChI is InChI=1S/C23H32N4O2S.C21H44N2O4.C2H6/c1-15-19(30-14-26-15)17-10-8-16(9-11-17)13-25-21(28)18-7-6-12-27(18)22(29)20(24-5)23(2,3)4;1-17(2,22)10-12-26-19(5,6)14-21(9,16-25-13-11-24)20(7,8)27-15-18(3,4)23;1-2/h8-11,14,18,20,24H,6-7,12-13H2,1-5H3,(H,25,28);11H,10,12-16,22-23H2,1-9H3;1-2H3. The van der Waals surface area contributed by atoms with E-state index in [0.29, 0.717) is 45.8 Å². The number of hydrogen-bond acceptors (Lipinski definition) is 11. The maximum absolute atomic E-state index is 13.1. The number of rotatable bonds is 20. The lowest BCUT2D eigenvalue weighted by molar-refractivity contribution is -0.170. The number of aromatic nitrogens is 1. The first-order chi connectivity index (χ1) is 27.2. The number of likely N-dealkylation sites (tertiary alicyclic amines) is 1. The van der Waals surface area contributed by atoms with Gasteiger partial charge in [-0.2, -0.15) is 0 Å².